The van der Waals surface area contributed by atoms with Gasteiger partial charge in [-0.15, -0.1) is 0 Å². The first-order valence-corrected chi connectivity index (χ1v) is 9.42. The Morgan fingerprint density at radius 1 is 1.34 bits per heavy atom. The molecule has 2 aromatic rings. The number of carbonyl (C=O) groups excluding carboxylic acids is 1. The normalized spacial score (nSPS) is 17.7. The number of ether oxygens (including phenoxy) is 2. The van der Waals surface area contributed by atoms with E-state index in [2.05, 4.69) is 21.7 Å². The zero-order chi connectivity index (χ0) is 20.2. The second-order valence-corrected chi connectivity index (χ2v) is 6.94. The second kappa shape index (κ2) is 8.39. The van der Waals surface area contributed by atoms with Gasteiger partial charge in [0.15, 0.2) is 5.82 Å². The van der Waals surface area contributed by atoms with Crippen LogP contribution in [0.1, 0.15) is 11.1 Å². The fraction of sp³-hybridized carbons (Fsp3) is 0.250. The van der Waals surface area contributed by atoms with E-state index in [0.29, 0.717) is 48.6 Å². The van der Waals surface area contributed by atoms with Crippen molar-refractivity contribution in [3.8, 4) is 6.07 Å². The molecular formula is C20H18ClN5O3. The van der Waals surface area contributed by atoms with Crippen molar-refractivity contribution in [2.24, 2.45) is 0 Å². The molecule has 4 rings (SSSR count). The molecule has 2 aliphatic heterocycles. The molecule has 148 valence electrons. The number of hydrogen-bond acceptors (Lipinski definition) is 7. The average molecular weight is 412 g/mol. The van der Waals surface area contributed by atoms with Gasteiger partial charge in [0.1, 0.15) is 25.2 Å². The minimum atomic E-state index is -0.497. The van der Waals surface area contributed by atoms with Crippen LogP contribution in [0.2, 0.25) is 5.02 Å². The number of nitrogens with one attached hydrogen (secondary N) is 2. The Morgan fingerprint density at radius 2 is 2.24 bits per heavy atom. The Kier molecular flexibility index (Phi) is 5.51. The standard InChI is InChI=1S/C20H18ClN5O3/c21-16-2-3-17-15(8-16)7-13(11-28-12-24-17)10-23-18-4-1-14(9-22)19(25-18)26-5-6-29-20(26)27/h1-4,7-8,24H,5-6,10-12H2,(H,23,25)/b13-7-. The molecule has 9 heteroatoms. The summed E-state index contributed by atoms with van der Waals surface area (Å²) in [5.41, 5.74) is 3.24. The second-order valence-electron chi connectivity index (χ2n) is 6.50. The summed E-state index contributed by atoms with van der Waals surface area (Å²) in [6.45, 7) is 1.96. The van der Waals surface area contributed by atoms with Gasteiger partial charge in [0, 0.05) is 17.3 Å². The van der Waals surface area contributed by atoms with E-state index >= 15 is 0 Å². The first-order chi connectivity index (χ1) is 14.1. The number of hydrogen-bond donors (Lipinski definition) is 2. The summed E-state index contributed by atoms with van der Waals surface area (Å²) < 4.78 is 10.6. The fourth-order valence-corrected chi connectivity index (χ4v) is 3.30. The number of halogens is 1. The molecule has 29 heavy (non-hydrogen) atoms. The lowest BCUT2D eigenvalue weighted by Crippen LogP contribution is -2.26. The maximum atomic E-state index is 11.9. The number of amides is 1. The van der Waals surface area contributed by atoms with Gasteiger partial charge in [-0.05, 0) is 47.5 Å². The predicted octanol–water partition coefficient (Wildman–Crippen LogP) is 3.46. The lowest BCUT2D eigenvalue weighted by molar-refractivity contribution is 0.175. The van der Waals surface area contributed by atoms with Gasteiger partial charge in [0.2, 0.25) is 0 Å². The highest BCUT2D eigenvalue weighted by Crippen LogP contribution is 2.26. The first-order valence-electron chi connectivity index (χ1n) is 9.04. The third kappa shape index (κ3) is 4.26. The molecular weight excluding hydrogens is 394 g/mol. The minimum absolute atomic E-state index is 0.281. The molecule has 1 amide bonds. The molecule has 0 atom stereocenters. The topological polar surface area (TPSA) is 99.5 Å². The molecule has 0 unspecified atom stereocenters. The lowest BCUT2D eigenvalue weighted by Gasteiger charge is -2.18. The van der Waals surface area contributed by atoms with E-state index in [1.165, 1.54) is 4.90 Å². The highest BCUT2D eigenvalue weighted by Gasteiger charge is 2.27. The van der Waals surface area contributed by atoms with Gasteiger partial charge in [-0.2, -0.15) is 5.26 Å². The smallest absolute Gasteiger partial charge is 0.415 e. The van der Waals surface area contributed by atoms with Crippen LogP contribution in [-0.2, 0) is 9.47 Å². The molecule has 1 aromatic heterocycles. The van der Waals surface area contributed by atoms with Crippen LogP contribution in [-0.4, -0.2) is 44.1 Å². The Morgan fingerprint density at radius 3 is 3.03 bits per heavy atom. The predicted molar refractivity (Wildman–Crippen MR) is 110 cm³/mol. The van der Waals surface area contributed by atoms with Gasteiger partial charge in [-0.1, -0.05) is 11.6 Å². The van der Waals surface area contributed by atoms with Crippen molar-refractivity contribution in [1.29, 1.82) is 5.26 Å². The van der Waals surface area contributed by atoms with Crippen LogP contribution in [0.25, 0.3) is 6.08 Å². The molecule has 1 fully saturated rings. The molecule has 8 nitrogen and oxygen atoms in total. The van der Waals surface area contributed by atoms with Gasteiger partial charge < -0.3 is 20.1 Å². The lowest BCUT2D eigenvalue weighted by atomic mass is 10.1. The number of nitrogens with zero attached hydrogens (tertiary/aromatic N) is 3. The summed E-state index contributed by atoms with van der Waals surface area (Å²) >= 11 is 6.13. The third-order valence-corrected chi connectivity index (χ3v) is 4.77. The van der Waals surface area contributed by atoms with E-state index in [1.54, 1.807) is 12.1 Å². The number of fused-ring (bicyclic) bond motifs is 1. The van der Waals surface area contributed by atoms with Crippen molar-refractivity contribution in [1.82, 2.24) is 4.98 Å². The molecule has 0 bridgehead atoms. The van der Waals surface area contributed by atoms with Crippen LogP contribution in [0.3, 0.4) is 0 Å². The quantitative estimate of drug-likeness (QED) is 0.794. The van der Waals surface area contributed by atoms with Crippen LogP contribution in [0.5, 0.6) is 0 Å². The molecule has 2 N–H and O–H groups in total. The van der Waals surface area contributed by atoms with Gasteiger partial charge in [-0.25, -0.2) is 9.78 Å². The van der Waals surface area contributed by atoms with E-state index in [1.807, 2.05) is 24.3 Å². The number of pyridine rings is 1. The number of benzene rings is 1. The SMILES string of the molecule is N#Cc1ccc(NC/C2=C/c3cc(Cl)ccc3NCOC2)nc1N1CCOC1=O. The van der Waals surface area contributed by atoms with Crippen LogP contribution < -0.4 is 15.5 Å². The number of rotatable bonds is 4. The molecule has 3 heterocycles. The monoisotopic (exact) mass is 411 g/mol. The minimum Gasteiger partial charge on any atom is -0.447 e. The summed E-state index contributed by atoms with van der Waals surface area (Å²) in [5, 5.41) is 16.4. The first kappa shape index (κ1) is 19.1. The maximum Gasteiger partial charge on any atom is 0.415 e. The molecule has 1 saturated heterocycles. The van der Waals surface area contributed by atoms with E-state index < -0.39 is 6.09 Å². The summed E-state index contributed by atoms with van der Waals surface area (Å²) in [6, 6.07) is 11.0. The van der Waals surface area contributed by atoms with Crippen LogP contribution in [0, 0.1) is 11.3 Å². The number of cyclic esters (lactones) is 1. The zero-order valence-corrected chi connectivity index (χ0v) is 16.2. The van der Waals surface area contributed by atoms with Crippen molar-refractivity contribution in [2.45, 2.75) is 0 Å². The molecule has 0 radical (unpaired) electrons. The molecule has 2 aliphatic rings. The number of aromatic nitrogens is 1. The molecule has 0 aliphatic carbocycles. The summed E-state index contributed by atoms with van der Waals surface area (Å²) in [7, 11) is 0. The molecule has 0 spiro atoms. The van der Waals surface area contributed by atoms with Crippen molar-refractivity contribution in [3.63, 3.8) is 0 Å². The number of nitriles is 1. The molecule has 1 aromatic carbocycles. The van der Waals surface area contributed by atoms with Crippen molar-refractivity contribution in [3.05, 3.63) is 52.1 Å². The van der Waals surface area contributed by atoms with Crippen molar-refractivity contribution >= 4 is 41.1 Å². The third-order valence-electron chi connectivity index (χ3n) is 4.53. The zero-order valence-electron chi connectivity index (χ0n) is 15.4. The fourth-order valence-electron chi connectivity index (χ4n) is 3.12. The maximum absolute atomic E-state index is 11.9. The Hall–Kier alpha value is -3.28. The van der Waals surface area contributed by atoms with E-state index in [9.17, 15) is 10.1 Å². The van der Waals surface area contributed by atoms with Crippen LogP contribution >= 0.6 is 11.6 Å². The van der Waals surface area contributed by atoms with Crippen LogP contribution in [0.15, 0.2) is 35.9 Å². The van der Waals surface area contributed by atoms with Gasteiger partial charge in [-0.3, -0.25) is 4.90 Å². The van der Waals surface area contributed by atoms with Gasteiger partial charge in [0.05, 0.1) is 18.7 Å². The van der Waals surface area contributed by atoms with Gasteiger partial charge in [0.25, 0.3) is 0 Å². The van der Waals surface area contributed by atoms with Crippen LogP contribution in [0.4, 0.5) is 22.1 Å². The highest BCUT2D eigenvalue weighted by atomic mass is 35.5. The summed E-state index contributed by atoms with van der Waals surface area (Å²) in [6.07, 6.45) is 1.52. The summed E-state index contributed by atoms with van der Waals surface area (Å²) in [5.74, 6) is 0.843. The molecule has 0 saturated carbocycles. The number of carbonyl (C=O) groups is 1. The Balaban J connectivity index is 1.55. The van der Waals surface area contributed by atoms with Crippen molar-refractivity contribution in [2.75, 3.05) is 48.6 Å². The Labute approximate surface area is 172 Å². The van der Waals surface area contributed by atoms with E-state index in [-0.39, 0.29) is 6.61 Å². The summed E-state index contributed by atoms with van der Waals surface area (Å²) in [4.78, 5) is 17.7. The average Bonchev–Trinajstić information content (AvgIpc) is 3.13. The number of anilines is 3. The largest absolute Gasteiger partial charge is 0.447 e. The van der Waals surface area contributed by atoms with Gasteiger partial charge >= 0.3 is 6.09 Å². The van der Waals surface area contributed by atoms with E-state index in [0.717, 1.165) is 16.8 Å². The van der Waals surface area contributed by atoms with Crippen molar-refractivity contribution < 1.29 is 14.3 Å². The Bertz CT molecular complexity index is 1020. The van der Waals surface area contributed by atoms with E-state index in [4.69, 9.17) is 21.1 Å². The highest BCUT2D eigenvalue weighted by molar-refractivity contribution is 6.30.